The molecular weight excluding hydrogens is 243 g/mol. The maximum atomic E-state index is 6.04. The lowest BCUT2D eigenvalue weighted by molar-refractivity contribution is 1.55. The first-order valence-electron chi connectivity index (χ1n) is 4.73. The first kappa shape index (κ1) is 11.1. The molecule has 2 aromatic rings. The summed E-state index contributed by atoms with van der Waals surface area (Å²) in [7, 11) is 0. The van der Waals surface area contributed by atoms with Crippen molar-refractivity contribution in [3.63, 3.8) is 0 Å². The average Bonchev–Trinajstić information content (AvgIpc) is 2.26. The standard InChI is InChI=1S/C12H10Cl2N2/c13-10-2-1-3-11(14)12(10)16-9-6-4-8(15)5-7-9/h1-7,16H,15H2. The lowest BCUT2D eigenvalue weighted by Gasteiger charge is -2.10. The molecular formula is C12H10Cl2N2. The van der Waals surface area contributed by atoms with Gasteiger partial charge in [-0.15, -0.1) is 0 Å². The average molecular weight is 253 g/mol. The van der Waals surface area contributed by atoms with Gasteiger partial charge in [0, 0.05) is 11.4 Å². The summed E-state index contributed by atoms with van der Waals surface area (Å²) in [6.07, 6.45) is 0. The Hall–Kier alpha value is -1.38. The fourth-order valence-corrected chi connectivity index (χ4v) is 1.82. The molecule has 16 heavy (non-hydrogen) atoms. The van der Waals surface area contributed by atoms with E-state index in [1.807, 2.05) is 24.3 Å². The molecule has 0 radical (unpaired) electrons. The number of anilines is 3. The van der Waals surface area contributed by atoms with E-state index in [9.17, 15) is 0 Å². The van der Waals surface area contributed by atoms with Gasteiger partial charge in [-0.3, -0.25) is 0 Å². The van der Waals surface area contributed by atoms with Gasteiger partial charge in [0.05, 0.1) is 15.7 Å². The largest absolute Gasteiger partial charge is 0.399 e. The topological polar surface area (TPSA) is 38.0 Å². The van der Waals surface area contributed by atoms with Gasteiger partial charge in [0.15, 0.2) is 0 Å². The molecule has 2 aromatic carbocycles. The van der Waals surface area contributed by atoms with Crippen LogP contribution in [-0.4, -0.2) is 0 Å². The summed E-state index contributed by atoms with van der Waals surface area (Å²) in [5.74, 6) is 0. The van der Waals surface area contributed by atoms with E-state index in [4.69, 9.17) is 28.9 Å². The van der Waals surface area contributed by atoms with Crippen LogP contribution in [0.5, 0.6) is 0 Å². The fraction of sp³-hybridized carbons (Fsp3) is 0. The van der Waals surface area contributed by atoms with Gasteiger partial charge < -0.3 is 11.1 Å². The predicted octanol–water partition coefficient (Wildman–Crippen LogP) is 4.32. The smallest absolute Gasteiger partial charge is 0.0762 e. The number of halogens is 2. The molecule has 0 bridgehead atoms. The van der Waals surface area contributed by atoms with Crippen molar-refractivity contribution in [2.24, 2.45) is 0 Å². The van der Waals surface area contributed by atoms with Crippen molar-refractivity contribution in [1.29, 1.82) is 0 Å². The second-order valence-corrected chi connectivity index (χ2v) is 4.16. The van der Waals surface area contributed by atoms with Gasteiger partial charge in [-0.2, -0.15) is 0 Å². The van der Waals surface area contributed by atoms with Crippen LogP contribution in [0, 0.1) is 0 Å². The molecule has 0 unspecified atom stereocenters. The van der Waals surface area contributed by atoms with Crippen LogP contribution in [0.25, 0.3) is 0 Å². The number of hydrogen-bond donors (Lipinski definition) is 2. The molecule has 2 nitrogen and oxygen atoms in total. The second kappa shape index (κ2) is 4.64. The molecule has 0 heterocycles. The molecule has 0 atom stereocenters. The zero-order chi connectivity index (χ0) is 11.5. The van der Waals surface area contributed by atoms with Crippen LogP contribution < -0.4 is 11.1 Å². The molecule has 0 amide bonds. The molecule has 3 N–H and O–H groups in total. The Balaban J connectivity index is 2.30. The van der Waals surface area contributed by atoms with Gasteiger partial charge in [-0.05, 0) is 36.4 Å². The highest BCUT2D eigenvalue weighted by atomic mass is 35.5. The van der Waals surface area contributed by atoms with Crippen LogP contribution in [0.15, 0.2) is 42.5 Å². The summed E-state index contributed by atoms with van der Waals surface area (Å²) >= 11 is 12.1. The number of nitrogens with two attached hydrogens (primary N) is 1. The second-order valence-electron chi connectivity index (χ2n) is 3.34. The minimum absolute atomic E-state index is 0.587. The van der Waals surface area contributed by atoms with Crippen LogP contribution in [0.2, 0.25) is 10.0 Å². The summed E-state index contributed by atoms with van der Waals surface area (Å²) in [6.45, 7) is 0. The van der Waals surface area contributed by atoms with Crippen LogP contribution in [0.1, 0.15) is 0 Å². The normalized spacial score (nSPS) is 10.1. The summed E-state index contributed by atoms with van der Waals surface area (Å²) in [5.41, 5.74) is 7.92. The number of nitrogen functional groups attached to an aromatic ring is 1. The van der Waals surface area contributed by atoms with Crippen molar-refractivity contribution in [2.75, 3.05) is 11.1 Å². The third-order valence-electron chi connectivity index (χ3n) is 2.14. The Morgan fingerprint density at radius 1 is 0.875 bits per heavy atom. The first-order chi connectivity index (χ1) is 7.66. The fourth-order valence-electron chi connectivity index (χ4n) is 1.33. The van der Waals surface area contributed by atoms with Crippen molar-refractivity contribution in [3.8, 4) is 0 Å². The Morgan fingerprint density at radius 2 is 1.44 bits per heavy atom. The SMILES string of the molecule is Nc1ccc(Nc2c(Cl)cccc2Cl)cc1. The molecule has 4 heteroatoms. The van der Waals surface area contributed by atoms with Gasteiger partial charge in [0.2, 0.25) is 0 Å². The highest BCUT2D eigenvalue weighted by Crippen LogP contribution is 2.32. The Bertz CT molecular complexity index is 475. The molecule has 0 spiro atoms. The molecule has 2 rings (SSSR count). The molecule has 0 saturated heterocycles. The molecule has 0 aliphatic heterocycles. The van der Waals surface area contributed by atoms with Gasteiger partial charge in [-0.1, -0.05) is 29.3 Å². The van der Waals surface area contributed by atoms with Gasteiger partial charge in [-0.25, -0.2) is 0 Å². The van der Waals surface area contributed by atoms with Crippen LogP contribution in [-0.2, 0) is 0 Å². The van der Waals surface area contributed by atoms with Crippen molar-refractivity contribution in [1.82, 2.24) is 0 Å². The van der Waals surface area contributed by atoms with Crippen LogP contribution in [0.4, 0.5) is 17.1 Å². The monoisotopic (exact) mass is 252 g/mol. The number of benzene rings is 2. The summed E-state index contributed by atoms with van der Waals surface area (Å²) in [6, 6.07) is 12.7. The highest BCUT2D eigenvalue weighted by Gasteiger charge is 2.04. The lowest BCUT2D eigenvalue weighted by Crippen LogP contribution is -1.92. The predicted molar refractivity (Wildman–Crippen MR) is 70.6 cm³/mol. The molecule has 0 saturated carbocycles. The zero-order valence-electron chi connectivity index (χ0n) is 8.37. The van der Waals surface area contributed by atoms with E-state index >= 15 is 0 Å². The van der Waals surface area contributed by atoms with E-state index < -0.39 is 0 Å². The van der Waals surface area contributed by atoms with Crippen LogP contribution in [0.3, 0.4) is 0 Å². The first-order valence-corrected chi connectivity index (χ1v) is 5.49. The Kier molecular flexibility index (Phi) is 3.22. The van der Waals surface area contributed by atoms with E-state index in [1.54, 1.807) is 18.2 Å². The quantitative estimate of drug-likeness (QED) is 0.782. The lowest BCUT2D eigenvalue weighted by atomic mass is 10.2. The molecule has 0 aliphatic rings. The Morgan fingerprint density at radius 3 is 2.00 bits per heavy atom. The summed E-state index contributed by atoms with van der Waals surface area (Å²) < 4.78 is 0. The van der Waals surface area contributed by atoms with Crippen molar-refractivity contribution >= 4 is 40.3 Å². The third kappa shape index (κ3) is 2.40. The summed E-state index contributed by atoms with van der Waals surface area (Å²) in [4.78, 5) is 0. The van der Waals surface area contributed by atoms with E-state index in [0.29, 0.717) is 15.7 Å². The zero-order valence-corrected chi connectivity index (χ0v) is 9.89. The minimum Gasteiger partial charge on any atom is -0.399 e. The number of rotatable bonds is 2. The van der Waals surface area contributed by atoms with Gasteiger partial charge in [0.25, 0.3) is 0 Å². The Labute approximate surface area is 104 Å². The van der Waals surface area contributed by atoms with Crippen molar-refractivity contribution in [3.05, 3.63) is 52.5 Å². The third-order valence-corrected chi connectivity index (χ3v) is 2.77. The molecule has 0 aliphatic carbocycles. The number of para-hydroxylation sites is 1. The molecule has 0 aromatic heterocycles. The van der Waals surface area contributed by atoms with Crippen molar-refractivity contribution < 1.29 is 0 Å². The number of hydrogen-bond acceptors (Lipinski definition) is 2. The highest BCUT2D eigenvalue weighted by molar-refractivity contribution is 6.39. The van der Waals surface area contributed by atoms with Gasteiger partial charge >= 0.3 is 0 Å². The van der Waals surface area contributed by atoms with Crippen molar-refractivity contribution in [2.45, 2.75) is 0 Å². The van der Waals surface area contributed by atoms with E-state index in [1.165, 1.54) is 0 Å². The number of nitrogens with one attached hydrogen (secondary N) is 1. The van der Waals surface area contributed by atoms with Gasteiger partial charge in [0.1, 0.15) is 0 Å². The van der Waals surface area contributed by atoms with E-state index in [-0.39, 0.29) is 0 Å². The van der Waals surface area contributed by atoms with E-state index in [0.717, 1.165) is 11.4 Å². The summed E-state index contributed by atoms with van der Waals surface area (Å²) in [5, 5.41) is 4.32. The molecule has 82 valence electrons. The minimum atomic E-state index is 0.587. The maximum absolute atomic E-state index is 6.04. The van der Waals surface area contributed by atoms with E-state index in [2.05, 4.69) is 5.32 Å². The maximum Gasteiger partial charge on any atom is 0.0762 e. The molecule has 0 fully saturated rings. The van der Waals surface area contributed by atoms with Crippen LogP contribution >= 0.6 is 23.2 Å².